The van der Waals surface area contributed by atoms with Crippen molar-refractivity contribution < 1.29 is 9.59 Å². The van der Waals surface area contributed by atoms with Crippen molar-refractivity contribution in [1.82, 2.24) is 10.2 Å². The van der Waals surface area contributed by atoms with Gasteiger partial charge in [0.1, 0.15) is 0 Å². The zero-order valence-electron chi connectivity index (χ0n) is 15.8. The predicted molar refractivity (Wildman–Crippen MR) is 107 cm³/mol. The van der Waals surface area contributed by atoms with Gasteiger partial charge in [-0.1, -0.05) is 36.4 Å². The van der Waals surface area contributed by atoms with Gasteiger partial charge in [-0.25, -0.2) is 0 Å². The van der Waals surface area contributed by atoms with Crippen LogP contribution >= 0.6 is 0 Å². The van der Waals surface area contributed by atoms with Gasteiger partial charge in [0, 0.05) is 32.1 Å². The topological polar surface area (TPSA) is 75.4 Å². The van der Waals surface area contributed by atoms with E-state index in [1.807, 2.05) is 48.5 Å². The van der Waals surface area contributed by atoms with Gasteiger partial charge in [0.25, 0.3) is 0 Å². The second-order valence-corrected chi connectivity index (χ2v) is 7.15. The van der Waals surface area contributed by atoms with Crippen molar-refractivity contribution in [3.63, 3.8) is 0 Å². The lowest BCUT2D eigenvalue weighted by Crippen LogP contribution is -2.35. The summed E-state index contributed by atoms with van der Waals surface area (Å²) in [7, 11) is 0. The molecule has 2 aromatic rings. The highest BCUT2D eigenvalue weighted by atomic mass is 16.2. The van der Waals surface area contributed by atoms with Crippen LogP contribution in [0.5, 0.6) is 0 Å². The number of hydrogen-bond donors (Lipinski definition) is 2. The minimum Gasteiger partial charge on any atom is -0.399 e. The first-order chi connectivity index (χ1) is 13.0. The maximum atomic E-state index is 12.5. The van der Waals surface area contributed by atoms with Gasteiger partial charge in [-0.2, -0.15) is 0 Å². The quantitative estimate of drug-likeness (QED) is 0.772. The molecule has 0 saturated heterocycles. The first-order valence-corrected chi connectivity index (χ1v) is 9.50. The summed E-state index contributed by atoms with van der Waals surface area (Å²) in [6.45, 7) is 2.48. The van der Waals surface area contributed by atoms with E-state index in [-0.39, 0.29) is 17.9 Å². The molecular formula is C22H27N3O2. The summed E-state index contributed by atoms with van der Waals surface area (Å²) in [5.41, 5.74) is 10.1. The summed E-state index contributed by atoms with van der Waals surface area (Å²) in [6.07, 6.45) is 3.27. The second-order valence-electron chi connectivity index (χ2n) is 7.15. The molecule has 1 aliphatic carbocycles. The summed E-state index contributed by atoms with van der Waals surface area (Å²) in [6, 6.07) is 15.8. The average Bonchev–Trinajstić information content (AvgIpc) is 2.65. The Morgan fingerprint density at radius 2 is 1.96 bits per heavy atom. The van der Waals surface area contributed by atoms with Crippen LogP contribution in [0, 0.1) is 0 Å². The fraction of sp³-hybridized carbons (Fsp3) is 0.364. The first kappa shape index (κ1) is 19.0. The molecule has 142 valence electrons. The number of carbonyl (C=O) groups excluding carboxylic acids is 2. The Morgan fingerprint density at radius 3 is 2.70 bits per heavy atom. The molecule has 0 radical (unpaired) electrons. The summed E-state index contributed by atoms with van der Waals surface area (Å²) < 4.78 is 0. The number of aryl methyl sites for hydroxylation is 1. The minimum absolute atomic E-state index is 0.0230. The molecule has 0 spiro atoms. The molecule has 0 saturated carbocycles. The highest BCUT2D eigenvalue weighted by Gasteiger charge is 2.22. The number of fused-ring (bicyclic) bond motifs is 1. The van der Waals surface area contributed by atoms with Crippen molar-refractivity contribution in [2.24, 2.45) is 0 Å². The molecule has 27 heavy (non-hydrogen) atoms. The van der Waals surface area contributed by atoms with Crippen LogP contribution in [0.4, 0.5) is 5.69 Å². The Morgan fingerprint density at radius 1 is 1.19 bits per heavy atom. The van der Waals surface area contributed by atoms with E-state index in [1.54, 1.807) is 11.8 Å². The molecule has 0 aromatic heterocycles. The standard InChI is InChI=1S/C22H27N3O2/c1-16(26)25(15-17-6-3-2-4-7-17)13-12-22(27)24-21-9-5-8-18-14-19(23)10-11-20(18)21/h2-4,6-7,10-11,14,21H,5,8-9,12-13,15,23H2,1H3,(H,24,27). The number of rotatable bonds is 6. The molecule has 0 bridgehead atoms. The van der Waals surface area contributed by atoms with Crippen molar-refractivity contribution in [2.45, 2.75) is 45.2 Å². The van der Waals surface area contributed by atoms with Gasteiger partial charge >= 0.3 is 0 Å². The van der Waals surface area contributed by atoms with Crippen LogP contribution in [-0.2, 0) is 22.6 Å². The predicted octanol–water partition coefficient (Wildman–Crippen LogP) is 3.20. The van der Waals surface area contributed by atoms with Gasteiger partial charge in [0.15, 0.2) is 0 Å². The molecular weight excluding hydrogens is 338 g/mol. The summed E-state index contributed by atoms with van der Waals surface area (Å²) in [4.78, 5) is 26.1. The van der Waals surface area contributed by atoms with Crippen LogP contribution in [0.3, 0.4) is 0 Å². The van der Waals surface area contributed by atoms with Gasteiger partial charge < -0.3 is 16.0 Å². The zero-order valence-corrected chi connectivity index (χ0v) is 15.8. The number of nitrogen functional groups attached to an aromatic ring is 1. The van der Waals surface area contributed by atoms with Gasteiger partial charge in [-0.3, -0.25) is 9.59 Å². The van der Waals surface area contributed by atoms with Crippen LogP contribution in [0.25, 0.3) is 0 Å². The highest BCUT2D eigenvalue weighted by molar-refractivity contribution is 5.78. The van der Waals surface area contributed by atoms with E-state index in [0.29, 0.717) is 19.5 Å². The summed E-state index contributed by atoms with van der Waals surface area (Å²) >= 11 is 0. The lowest BCUT2D eigenvalue weighted by molar-refractivity contribution is -0.130. The van der Waals surface area contributed by atoms with Crippen molar-refractivity contribution in [2.75, 3.05) is 12.3 Å². The molecule has 2 amide bonds. The molecule has 0 heterocycles. The van der Waals surface area contributed by atoms with Crippen molar-refractivity contribution in [1.29, 1.82) is 0 Å². The van der Waals surface area contributed by atoms with Crippen LogP contribution in [0.1, 0.15) is 48.9 Å². The Hall–Kier alpha value is -2.82. The number of amides is 2. The highest BCUT2D eigenvalue weighted by Crippen LogP contribution is 2.31. The van der Waals surface area contributed by atoms with Gasteiger partial charge in [-0.15, -0.1) is 0 Å². The number of benzene rings is 2. The third-order valence-corrected chi connectivity index (χ3v) is 5.09. The molecule has 3 rings (SSSR count). The lowest BCUT2D eigenvalue weighted by atomic mass is 9.87. The number of nitrogens with two attached hydrogens (primary N) is 1. The maximum Gasteiger partial charge on any atom is 0.222 e. The average molecular weight is 365 g/mol. The van der Waals surface area contributed by atoms with E-state index in [0.717, 1.165) is 36.1 Å². The third kappa shape index (κ3) is 5.09. The fourth-order valence-corrected chi connectivity index (χ4v) is 3.64. The van der Waals surface area contributed by atoms with Crippen molar-refractivity contribution in [3.05, 3.63) is 65.2 Å². The summed E-state index contributed by atoms with van der Waals surface area (Å²) in [5.74, 6) is -0.0471. The zero-order chi connectivity index (χ0) is 19.2. The normalized spacial score (nSPS) is 15.7. The smallest absolute Gasteiger partial charge is 0.222 e. The maximum absolute atomic E-state index is 12.5. The molecule has 5 heteroatoms. The largest absolute Gasteiger partial charge is 0.399 e. The fourth-order valence-electron chi connectivity index (χ4n) is 3.64. The Bertz CT molecular complexity index is 804. The van der Waals surface area contributed by atoms with Gasteiger partial charge in [0.2, 0.25) is 11.8 Å². The van der Waals surface area contributed by atoms with Crippen molar-refractivity contribution in [3.8, 4) is 0 Å². The molecule has 1 unspecified atom stereocenters. The van der Waals surface area contributed by atoms with E-state index in [1.165, 1.54) is 5.56 Å². The van der Waals surface area contributed by atoms with Crippen LogP contribution in [-0.4, -0.2) is 23.3 Å². The molecule has 0 aliphatic heterocycles. The minimum atomic E-state index is -0.0241. The Kier molecular flexibility index (Phi) is 6.12. The molecule has 3 N–H and O–H groups in total. The number of nitrogens with one attached hydrogen (secondary N) is 1. The van der Waals surface area contributed by atoms with E-state index in [4.69, 9.17) is 5.73 Å². The number of hydrogen-bond acceptors (Lipinski definition) is 3. The van der Waals surface area contributed by atoms with Crippen LogP contribution < -0.4 is 11.1 Å². The number of carbonyl (C=O) groups is 2. The molecule has 1 aliphatic rings. The number of anilines is 1. The monoisotopic (exact) mass is 365 g/mol. The SMILES string of the molecule is CC(=O)N(CCC(=O)NC1CCCc2cc(N)ccc21)Cc1ccccc1. The number of nitrogens with zero attached hydrogens (tertiary/aromatic N) is 1. The molecule has 0 fully saturated rings. The van der Waals surface area contributed by atoms with E-state index in [9.17, 15) is 9.59 Å². The van der Waals surface area contributed by atoms with Crippen LogP contribution in [0.2, 0.25) is 0 Å². The van der Waals surface area contributed by atoms with E-state index >= 15 is 0 Å². The Balaban J connectivity index is 1.57. The van der Waals surface area contributed by atoms with E-state index < -0.39 is 0 Å². The van der Waals surface area contributed by atoms with Gasteiger partial charge in [0.05, 0.1) is 6.04 Å². The third-order valence-electron chi connectivity index (χ3n) is 5.09. The van der Waals surface area contributed by atoms with Crippen molar-refractivity contribution >= 4 is 17.5 Å². The summed E-state index contributed by atoms with van der Waals surface area (Å²) in [5, 5.41) is 3.13. The molecule has 2 aromatic carbocycles. The van der Waals surface area contributed by atoms with Crippen LogP contribution in [0.15, 0.2) is 48.5 Å². The Labute approximate surface area is 160 Å². The second kappa shape index (κ2) is 8.71. The molecule has 1 atom stereocenters. The van der Waals surface area contributed by atoms with Gasteiger partial charge in [-0.05, 0) is 48.1 Å². The molecule has 5 nitrogen and oxygen atoms in total. The lowest BCUT2D eigenvalue weighted by Gasteiger charge is -2.27. The van der Waals surface area contributed by atoms with E-state index in [2.05, 4.69) is 5.32 Å². The first-order valence-electron chi connectivity index (χ1n) is 9.50.